The molecular weight excluding hydrogens is 248 g/mol. The first-order valence-corrected chi connectivity index (χ1v) is 6.97. The van der Waals surface area contributed by atoms with E-state index in [1.807, 2.05) is 43.3 Å². The molecule has 3 nitrogen and oxygen atoms in total. The standard InChI is InChI=1S/C17H22N2O/c1-3-13-6-4-5-7-16(13)19-11-17(20)14-9-8-12(2)15(18)10-14/h4-10,17,19-20H,3,11,18H2,1-2H3. The number of hydrogen-bond donors (Lipinski definition) is 3. The molecule has 0 saturated carbocycles. The van der Waals surface area contributed by atoms with Crippen LogP contribution in [0, 0.1) is 6.92 Å². The summed E-state index contributed by atoms with van der Waals surface area (Å²) in [6, 6.07) is 13.9. The molecule has 0 amide bonds. The number of aliphatic hydroxyl groups excluding tert-OH is 1. The number of aliphatic hydroxyl groups is 1. The Hall–Kier alpha value is -2.00. The van der Waals surface area contributed by atoms with Crippen LogP contribution in [0.1, 0.15) is 29.7 Å². The molecule has 2 aromatic carbocycles. The monoisotopic (exact) mass is 270 g/mol. The van der Waals surface area contributed by atoms with Gasteiger partial charge in [-0.05, 0) is 42.2 Å². The molecule has 0 radical (unpaired) electrons. The summed E-state index contributed by atoms with van der Waals surface area (Å²) in [5.41, 5.74) is 10.8. The summed E-state index contributed by atoms with van der Waals surface area (Å²) in [4.78, 5) is 0. The molecule has 1 unspecified atom stereocenters. The van der Waals surface area contributed by atoms with E-state index in [0.717, 1.165) is 28.9 Å². The minimum atomic E-state index is -0.567. The summed E-state index contributed by atoms with van der Waals surface area (Å²) >= 11 is 0. The van der Waals surface area contributed by atoms with Crippen molar-refractivity contribution in [2.45, 2.75) is 26.4 Å². The molecule has 0 fully saturated rings. The van der Waals surface area contributed by atoms with E-state index in [1.54, 1.807) is 0 Å². The van der Waals surface area contributed by atoms with Crippen LogP contribution in [-0.4, -0.2) is 11.7 Å². The molecule has 3 heteroatoms. The second-order valence-corrected chi connectivity index (χ2v) is 5.02. The van der Waals surface area contributed by atoms with Crippen molar-refractivity contribution in [2.24, 2.45) is 0 Å². The van der Waals surface area contributed by atoms with Crippen LogP contribution in [-0.2, 0) is 6.42 Å². The summed E-state index contributed by atoms with van der Waals surface area (Å²) in [7, 11) is 0. The van der Waals surface area contributed by atoms with Crippen molar-refractivity contribution in [1.82, 2.24) is 0 Å². The zero-order chi connectivity index (χ0) is 14.5. The molecule has 0 saturated heterocycles. The van der Waals surface area contributed by atoms with E-state index in [-0.39, 0.29) is 0 Å². The van der Waals surface area contributed by atoms with E-state index in [9.17, 15) is 5.11 Å². The van der Waals surface area contributed by atoms with Gasteiger partial charge in [0, 0.05) is 17.9 Å². The highest BCUT2D eigenvalue weighted by Crippen LogP contribution is 2.21. The Bertz CT molecular complexity index is 581. The van der Waals surface area contributed by atoms with Crippen molar-refractivity contribution in [3.63, 3.8) is 0 Å². The minimum Gasteiger partial charge on any atom is -0.399 e. The maximum Gasteiger partial charge on any atom is 0.0963 e. The Balaban J connectivity index is 2.04. The van der Waals surface area contributed by atoms with Gasteiger partial charge in [0.2, 0.25) is 0 Å². The third kappa shape index (κ3) is 3.31. The van der Waals surface area contributed by atoms with Gasteiger partial charge in [-0.3, -0.25) is 0 Å². The molecule has 1 atom stereocenters. The first kappa shape index (κ1) is 14.4. The van der Waals surface area contributed by atoms with Crippen LogP contribution in [0.5, 0.6) is 0 Å². The largest absolute Gasteiger partial charge is 0.399 e. The van der Waals surface area contributed by atoms with Crippen LogP contribution >= 0.6 is 0 Å². The van der Waals surface area contributed by atoms with E-state index in [4.69, 9.17) is 5.73 Å². The van der Waals surface area contributed by atoms with Crippen molar-refractivity contribution in [2.75, 3.05) is 17.6 Å². The Morgan fingerprint density at radius 1 is 1.20 bits per heavy atom. The zero-order valence-electron chi connectivity index (χ0n) is 12.1. The second-order valence-electron chi connectivity index (χ2n) is 5.02. The molecule has 4 N–H and O–H groups in total. The van der Waals surface area contributed by atoms with Gasteiger partial charge in [0.25, 0.3) is 0 Å². The molecule has 0 aliphatic heterocycles. The SMILES string of the molecule is CCc1ccccc1NCC(O)c1ccc(C)c(N)c1. The summed E-state index contributed by atoms with van der Waals surface area (Å²) in [6.07, 6.45) is 0.402. The summed E-state index contributed by atoms with van der Waals surface area (Å²) < 4.78 is 0. The number of rotatable bonds is 5. The minimum absolute atomic E-state index is 0.472. The summed E-state index contributed by atoms with van der Waals surface area (Å²) in [5.74, 6) is 0. The van der Waals surface area contributed by atoms with Gasteiger partial charge in [-0.1, -0.05) is 37.3 Å². The number of aryl methyl sites for hydroxylation is 2. The highest BCUT2D eigenvalue weighted by molar-refractivity contribution is 5.52. The molecule has 2 rings (SSSR count). The number of anilines is 2. The van der Waals surface area contributed by atoms with Gasteiger partial charge in [0.15, 0.2) is 0 Å². The van der Waals surface area contributed by atoms with Gasteiger partial charge >= 0.3 is 0 Å². The van der Waals surface area contributed by atoms with Crippen LogP contribution in [0.2, 0.25) is 0 Å². The Morgan fingerprint density at radius 3 is 2.65 bits per heavy atom. The fourth-order valence-electron chi connectivity index (χ4n) is 2.19. The topological polar surface area (TPSA) is 58.3 Å². The first-order valence-electron chi connectivity index (χ1n) is 6.97. The van der Waals surface area contributed by atoms with Crippen molar-refractivity contribution in [3.05, 3.63) is 59.2 Å². The zero-order valence-corrected chi connectivity index (χ0v) is 12.1. The lowest BCUT2D eigenvalue weighted by Crippen LogP contribution is -2.13. The second kappa shape index (κ2) is 6.44. The van der Waals surface area contributed by atoms with Crippen LogP contribution in [0.15, 0.2) is 42.5 Å². The van der Waals surface area contributed by atoms with E-state index in [1.165, 1.54) is 5.56 Å². The van der Waals surface area contributed by atoms with Crippen molar-refractivity contribution in [3.8, 4) is 0 Å². The third-order valence-corrected chi connectivity index (χ3v) is 3.57. The first-order chi connectivity index (χ1) is 9.61. The fourth-order valence-corrected chi connectivity index (χ4v) is 2.19. The van der Waals surface area contributed by atoms with Crippen molar-refractivity contribution < 1.29 is 5.11 Å². The molecule has 0 spiro atoms. The highest BCUT2D eigenvalue weighted by atomic mass is 16.3. The smallest absolute Gasteiger partial charge is 0.0963 e. The Morgan fingerprint density at radius 2 is 1.95 bits per heavy atom. The molecule has 0 aliphatic carbocycles. The average Bonchev–Trinajstić information content (AvgIpc) is 2.47. The summed E-state index contributed by atoms with van der Waals surface area (Å²) in [5, 5.41) is 13.5. The number of nitrogen functional groups attached to an aromatic ring is 1. The molecule has 106 valence electrons. The number of para-hydroxylation sites is 1. The van der Waals surface area contributed by atoms with Gasteiger partial charge in [0.05, 0.1) is 6.10 Å². The molecule has 0 bridgehead atoms. The van der Waals surface area contributed by atoms with Gasteiger partial charge in [-0.25, -0.2) is 0 Å². The lowest BCUT2D eigenvalue weighted by molar-refractivity contribution is 0.191. The lowest BCUT2D eigenvalue weighted by Gasteiger charge is -2.16. The molecule has 0 aliphatic rings. The number of nitrogens with two attached hydrogens (primary N) is 1. The number of hydrogen-bond acceptors (Lipinski definition) is 3. The molecule has 2 aromatic rings. The van der Waals surface area contributed by atoms with Gasteiger partial charge in [-0.15, -0.1) is 0 Å². The van der Waals surface area contributed by atoms with Gasteiger partial charge in [-0.2, -0.15) is 0 Å². The van der Waals surface area contributed by atoms with E-state index < -0.39 is 6.10 Å². The molecule has 0 heterocycles. The molecule has 0 aromatic heterocycles. The van der Waals surface area contributed by atoms with E-state index in [0.29, 0.717) is 6.54 Å². The Kier molecular flexibility index (Phi) is 4.64. The summed E-state index contributed by atoms with van der Waals surface area (Å²) in [6.45, 7) is 4.55. The van der Waals surface area contributed by atoms with Crippen molar-refractivity contribution >= 4 is 11.4 Å². The van der Waals surface area contributed by atoms with Crippen LogP contribution < -0.4 is 11.1 Å². The van der Waals surface area contributed by atoms with E-state index >= 15 is 0 Å². The van der Waals surface area contributed by atoms with E-state index in [2.05, 4.69) is 18.3 Å². The van der Waals surface area contributed by atoms with Gasteiger partial charge in [0.1, 0.15) is 0 Å². The average molecular weight is 270 g/mol. The van der Waals surface area contributed by atoms with Gasteiger partial charge < -0.3 is 16.2 Å². The van der Waals surface area contributed by atoms with Crippen molar-refractivity contribution in [1.29, 1.82) is 0 Å². The Labute approximate surface area is 120 Å². The van der Waals surface area contributed by atoms with Crippen LogP contribution in [0.3, 0.4) is 0 Å². The predicted octanol–water partition coefficient (Wildman–Crippen LogP) is 3.29. The third-order valence-electron chi connectivity index (χ3n) is 3.57. The lowest BCUT2D eigenvalue weighted by atomic mass is 10.1. The predicted molar refractivity (Wildman–Crippen MR) is 84.9 cm³/mol. The molecule has 20 heavy (non-hydrogen) atoms. The maximum atomic E-state index is 10.2. The normalized spacial score (nSPS) is 12.2. The fraction of sp³-hybridized carbons (Fsp3) is 0.294. The maximum absolute atomic E-state index is 10.2. The molecular formula is C17H22N2O. The van der Waals surface area contributed by atoms with Crippen LogP contribution in [0.25, 0.3) is 0 Å². The van der Waals surface area contributed by atoms with Crippen LogP contribution in [0.4, 0.5) is 11.4 Å². The highest BCUT2D eigenvalue weighted by Gasteiger charge is 2.09. The quantitative estimate of drug-likeness (QED) is 0.731. The number of nitrogens with one attached hydrogen (secondary N) is 1. The number of benzene rings is 2.